The first-order chi connectivity index (χ1) is 14.1. The second-order valence-electron chi connectivity index (χ2n) is 6.81. The predicted molar refractivity (Wildman–Crippen MR) is 98.1 cm³/mol. The van der Waals surface area contributed by atoms with Gasteiger partial charge in [0.25, 0.3) is 0 Å². The summed E-state index contributed by atoms with van der Waals surface area (Å²) in [6.45, 7) is 3.40. The molecule has 0 unspecified atom stereocenters. The van der Waals surface area contributed by atoms with Gasteiger partial charge in [-0.05, 0) is 31.5 Å². The number of aryl methyl sites for hydroxylation is 2. The molecule has 0 nitrogen and oxygen atoms in total. The van der Waals surface area contributed by atoms with Crippen LogP contribution in [-0.4, -0.2) is 23.9 Å². The molecular formula is C22H15F9. The number of allylic oxidation sites excluding steroid dienone is 2. The van der Waals surface area contributed by atoms with Gasteiger partial charge in [0.15, 0.2) is 0 Å². The highest BCUT2D eigenvalue weighted by molar-refractivity contribution is 5.80. The number of alkyl halides is 9. The molecule has 166 valence electrons. The largest absolute Gasteiger partial charge is 0.460 e. The monoisotopic (exact) mass is 450 g/mol. The molecule has 2 rings (SSSR count). The van der Waals surface area contributed by atoms with Gasteiger partial charge in [0.1, 0.15) is 0 Å². The van der Waals surface area contributed by atoms with Crippen LogP contribution in [0.3, 0.4) is 0 Å². The molecule has 2 aromatic carbocycles. The maximum atomic E-state index is 14.1. The lowest BCUT2D eigenvalue weighted by Crippen LogP contribution is -2.60. The van der Waals surface area contributed by atoms with E-state index < -0.39 is 35.6 Å². The van der Waals surface area contributed by atoms with Crippen molar-refractivity contribution in [2.45, 2.75) is 37.8 Å². The number of hydrogen-bond acceptors (Lipinski definition) is 0. The van der Waals surface area contributed by atoms with Crippen LogP contribution in [0.1, 0.15) is 22.3 Å². The number of benzene rings is 2. The van der Waals surface area contributed by atoms with Gasteiger partial charge in [-0.15, -0.1) is 0 Å². The summed E-state index contributed by atoms with van der Waals surface area (Å²) in [7, 11) is 0. The molecular weight excluding hydrogens is 435 g/mol. The Labute approximate surface area is 172 Å². The fourth-order valence-electron chi connectivity index (χ4n) is 2.36. The van der Waals surface area contributed by atoms with E-state index in [9.17, 15) is 39.5 Å². The summed E-state index contributed by atoms with van der Waals surface area (Å²) < 4.78 is 119. The first-order valence-electron chi connectivity index (χ1n) is 8.67. The molecule has 0 N–H and O–H groups in total. The Morgan fingerprint density at radius 1 is 0.677 bits per heavy atom. The Bertz CT molecular complexity index is 1000. The van der Waals surface area contributed by atoms with Gasteiger partial charge >= 0.3 is 23.9 Å². The average molecular weight is 450 g/mol. The number of halogens is 9. The highest BCUT2D eigenvalue weighted by Crippen LogP contribution is 2.53. The fraction of sp³-hybridized carbons (Fsp3) is 0.273. The summed E-state index contributed by atoms with van der Waals surface area (Å²) in [5, 5.41) is 0. The van der Waals surface area contributed by atoms with Crippen molar-refractivity contribution >= 4 is 5.57 Å². The van der Waals surface area contributed by atoms with Crippen molar-refractivity contribution < 1.29 is 39.5 Å². The third-order valence-electron chi connectivity index (χ3n) is 4.25. The molecule has 0 aliphatic rings. The van der Waals surface area contributed by atoms with Crippen molar-refractivity contribution in [3.8, 4) is 11.8 Å². The molecule has 0 aliphatic heterocycles. The Kier molecular flexibility index (Phi) is 6.55. The molecule has 0 heterocycles. The first kappa shape index (κ1) is 24.4. The smallest absolute Gasteiger partial charge is 0.195 e. The first-order valence-corrected chi connectivity index (χ1v) is 8.67. The zero-order valence-corrected chi connectivity index (χ0v) is 16.1. The molecule has 0 aliphatic carbocycles. The number of hydrogen-bond donors (Lipinski definition) is 0. The van der Waals surface area contributed by atoms with Crippen LogP contribution in [0.5, 0.6) is 0 Å². The molecule has 0 radical (unpaired) electrons. The highest BCUT2D eigenvalue weighted by atomic mass is 19.4. The zero-order chi connectivity index (χ0) is 23.7. The minimum Gasteiger partial charge on any atom is -0.195 e. The van der Waals surface area contributed by atoms with Crippen LogP contribution < -0.4 is 0 Å². The summed E-state index contributed by atoms with van der Waals surface area (Å²) in [6, 6.07) is 11.5. The maximum absolute atomic E-state index is 14.1. The topological polar surface area (TPSA) is 0 Å². The van der Waals surface area contributed by atoms with Crippen molar-refractivity contribution in [1.82, 2.24) is 0 Å². The van der Waals surface area contributed by atoms with E-state index in [2.05, 4.69) is 11.8 Å². The zero-order valence-electron chi connectivity index (χ0n) is 16.1. The highest BCUT2D eigenvalue weighted by Gasteiger charge is 2.81. The summed E-state index contributed by atoms with van der Waals surface area (Å²) >= 11 is 0. The van der Waals surface area contributed by atoms with Crippen LogP contribution in [0.4, 0.5) is 39.5 Å². The maximum Gasteiger partial charge on any atom is 0.460 e. The standard InChI is InChI=1S/C22H15F9/c1-14-3-7-16(8-4-14)9-12-18(17-10-5-15(2)6-11-17)13-19(23,24)20(25,26)21(27,28)22(29,30)31/h3-8,10-11,13H,1-2H3/b18-13-. The van der Waals surface area contributed by atoms with Crippen molar-refractivity contribution in [3.63, 3.8) is 0 Å². The van der Waals surface area contributed by atoms with Gasteiger partial charge in [0.2, 0.25) is 0 Å². The number of rotatable bonds is 4. The molecule has 0 atom stereocenters. The third-order valence-corrected chi connectivity index (χ3v) is 4.25. The summed E-state index contributed by atoms with van der Waals surface area (Å²) in [5.74, 6) is -15.0. The van der Waals surface area contributed by atoms with Gasteiger partial charge in [-0.25, -0.2) is 0 Å². The van der Waals surface area contributed by atoms with E-state index in [1.807, 2.05) is 0 Å². The van der Waals surface area contributed by atoms with Crippen LogP contribution in [0.25, 0.3) is 5.57 Å². The van der Waals surface area contributed by atoms with E-state index in [-0.39, 0.29) is 5.56 Å². The lowest BCUT2D eigenvalue weighted by Gasteiger charge is -2.32. The van der Waals surface area contributed by atoms with Crippen molar-refractivity contribution in [3.05, 3.63) is 76.9 Å². The van der Waals surface area contributed by atoms with Crippen LogP contribution in [0, 0.1) is 25.7 Å². The lowest BCUT2D eigenvalue weighted by molar-refractivity contribution is -0.388. The predicted octanol–water partition coefficient (Wildman–Crippen LogP) is 7.21. The molecule has 0 spiro atoms. The minimum atomic E-state index is -6.97. The molecule has 0 saturated carbocycles. The van der Waals surface area contributed by atoms with E-state index in [0.29, 0.717) is 11.1 Å². The van der Waals surface area contributed by atoms with Gasteiger partial charge in [0, 0.05) is 17.2 Å². The summed E-state index contributed by atoms with van der Waals surface area (Å²) in [4.78, 5) is 0. The van der Waals surface area contributed by atoms with E-state index in [1.165, 1.54) is 36.4 Å². The van der Waals surface area contributed by atoms with Gasteiger partial charge in [-0.1, -0.05) is 59.4 Å². The Hall–Kier alpha value is -2.89. The molecule has 9 heteroatoms. The van der Waals surface area contributed by atoms with E-state index in [0.717, 1.165) is 5.56 Å². The van der Waals surface area contributed by atoms with Crippen LogP contribution in [0.15, 0.2) is 54.6 Å². The molecule has 0 aromatic heterocycles. The van der Waals surface area contributed by atoms with Gasteiger partial charge in [-0.2, -0.15) is 39.5 Å². The Morgan fingerprint density at radius 2 is 1.13 bits per heavy atom. The summed E-state index contributed by atoms with van der Waals surface area (Å²) in [6.07, 6.45) is -7.54. The van der Waals surface area contributed by atoms with Gasteiger partial charge in [0.05, 0.1) is 0 Å². The molecule has 2 aromatic rings. The second-order valence-corrected chi connectivity index (χ2v) is 6.81. The van der Waals surface area contributed by atoms with Gasteiger partial charge < -0.3 is 0 Å². The Morgan fingerprint density at radius 3 is 1.58 bits per heavy atom. The van der Waals surface area contributed by atoms with Crippen molar-refractivity contribution in [1.29, 1.82) is 0 Å². The van der Waals surface area contributed by atoms with Crippen LogP contribution >= 0.6 is 0 Å². The molecule has 31 heavy (non-hydrogen) atoms. The van der Waals surface area contributed by atoms with E-state index >= 15 is 0 Å². The van der Waals surface area contributed by atoms with Crippen molar-refractivity contribution in [2.24, 2.45) is 0 Å². The minimum absolute atomic E-state index is 0.156. The van der Waals surface area contributed by atoms with E-state index in [1.54, 1.807) is 26.0 Å². The molecule has 0 bridgehead atoms. The lowest BCUT2D eigenvalue weighted by atomic mass is 9.97. The molecule has 0 saturated heterocycles. The van der Waals surface area contributed by atoms with Crippen molar-refractivity contribution in [2.75, 3.05) is 0 Å². The quantitative estimate of drug-likeness (QED) is 0.341. The third kappa shape index (κ3) is 5.06. The van der Waals surface area contributed by atoms with Crippen LogP contribution in [0.2, 0.25) is 0 Å². The fourth-order valence-corrected chi connectivity index (χ4v) is 2.36. The summed E-state index contributed by atoms with van der Waals surface area (Å²) in [5.41, 5.74) is 0.814. The molecule has 0 amide bonds. The van der Waals surface area contributed by atoms with E-state index in [4.69, 9.17) is 0 Å². The van der Waals surface area contributed by atoms with Gasteiger partial charge in [-0.3, -0.25) is 0 Å². The Balaban J connectivity index is 2.62. The second kappa shape index (κ2) is 8.33. The average Bonchev–Trinajstić information content (AvgIpc) is 2.66. The van der Waals surface area contributed by atoms with Crippen LogP contribution in [-0.2, 0) is 0 Å². The normalized spacial score (nSPS) is 13.6. The molecule has 0 fully saturated rings. The SMILES string of the molecule is Cc1ccc(C#C/C(=C/C(F)(F)C(F)(F)C(F)(F)C(F)(F)F)c2ccc(C)cc2)cc1.